The smallest absolute Gasteiger partial charge is 0.311 e. The quantitative estimate of drug-likeness (QED) is 0.643. The third-order valence-electron chi connectivity index (χ3n) is 6.64. The van der Waals surface area contributed by atoms with Crippen molar-refractivity contribution in [3.63, 3.8) is 0 Å². The lowest BCUT2D eigenvalue weighted by Gasteiger charge is -2.37. The van der Waals surface area contributed by atoms with Crippen molar-refractivity contribution in [2.75, 3.05) is 13.2 Å². The average molecular weight is 480 g/mol. The SMILES string of the molecule is C[C@H]1CC[C@H](c2ccccc2)S(=O)(=O)N1Cc1cc(F)c([C@H](CC2COC2)C(=O)O)cc1F. The summed E-state index contributed by atoms with van der Waals surface area (Å²) in [4.78, 5) is 11.7. The molecule has 2 aliphatic heterocycles. The molecule has 0 radical (unpaired) electrons. The molecule has 2 fully saturated rings. The number of halogens is 2. The second kappa shape index (κ2) is 9.48. The van der Waals surface area contributed by atoms with Crippen LogP contribution in [0.3, 0.4) is 0 Å². The minimum Gasteiger partial charge on any atom is -0.481 e. The molecule has 1 N–H and O–H groups in total. The Balaban J connectivity index is 1.61. The van der Waals surface area contributed by atoms with E-state index in [-0.39, 0.29) is 36.1 Å². The molecule has 2 aromatic carbocycles. The van der Waals surface area contributed by atoms with Gasteiger partial charge in [0.2, 0.25) is 10.0 Å². The Bertz CT molecular complexity index is 1120. The molecule has 2 heterocycles. The molecule has 0 bridgehead atoms. The van der Waals surface area contributed by atoms with E-state index in [1.54, 1.807) is 37.3 Å². The number of sulfonamides is 1. The van der Waals surface area contributed by atoms with Crippen molar-refractivity contribution in [3.8, 4) is 0 Å². The van der Waals surface area contributed by atoms with Gasteiger partial charge in [-0.05, 0) is 43.9 Å². The highest BCUT2D eigenvalue weighted by molar-refractivity contribution is 7.89. The number of carboxylic acids is 1. The van der Waals surface area contributed by atoms with Gasteiger partial charge in [0.05, 0.1) is 19.1 Å². The second-order valence-corrected chi connectivity index (χ2v) is 11.0. The van der Waals surface area contributed by atoms with E-state index in [0.717, 1.165) is 12.1 Å². The zero-order chi connectivity index (χ0) is 23.8. The first-order valence-electron chi connectivity index (χ1n) is 11.0. The lowest BCUT2D eigenvalue weighted by atomic mass is 9.87. The first-order chi connectivity index (χ1) is 15.7. The van der Waals surface area contributed by atoms with Crippen LogP contribution in [0.2, 0.25) is 0 Å². The zero-order valence-corrected chi connectivity index (χ0v) is 19.1. The summed E-state index contributed by atoms with van der Waals surface area (Å²) in [6.45, 7) is 2.24. The van der Waals surface area contributed by atoms with Crippen LogP contribution in [0.1, 0.15) is 54.0 Å². The van der Waals surface area contributed by atoms with Crippen molar-refractivity contribution in [1.82, 2.24) is 4.31 Å². The highest BCUT2D eigenvalue weighted by atomic mass is 32.2. The number of benzene rings is 2. The van der Waals surface area contributed by atoms with Crippen molar-refractivity contribution in [1.29, 1.82) is 0 Å². The molecule has 0 spiro atoms. The minimum atomic E-state index is -3.81. The molecule has 0 saturated carbocycles. The third-order valence-corrected chi connectivity index (χ3v) is 9.01. The van der Waals surface area contributed by atoms with E-state index < -0.39 is 38.8 Å². The molecule has 0 aliphatic carbocycles. The average Bonchev–Trinajstić information content (AvgIpc) is 2.73. The zero-order valence-electron chi connectivity index (χ0n) is 18.3. The molecule has 0 unspecified atom stereocenters. The molecule has 4 rings (SSSR count). The largest absolute Gasteiger partial charge is 0.481 e. The van der Waals surface area contributed by atoms with Crippen LogP contribution in [-0.4, -0.2) is 43.1 Å². The lowest BCUT2D eigenvalue weighted by Crippen LogP contribution is -2.44. The number of nitrogens with zero attached hydrogens (tertiary/aromatic N) is 1. The molecule has 3 atom stereocenters. The molecule has 178 valence electrons. The highest BCUT2D eigenvalue weighted by Gasteiger charge is 2.41. The summed E-state index contributed by atoms with van der Waals surface area (Å²) in [6.07, 6.45) is 1.19. The molecule has 6 nitrogen and oxygen atoms in total. The van der Waals surface area contributed by atoms with E-state index in [1.807, 2.05) is 0 Å². The van der Waals surface area contributed by atoms with Crippen LogP contribution >= 0.6 is 0 Å². The van der Waals surface area contributed by atoms with Crippen LogP contribution in [0.4, 0.5) is 8.78 Å². The van der Waals surface area contributed by atoms with Gasteiger partial charge >= 0.3 is 5.97 Å². The standard InChI is InChI=1S/C24H27F2NO5S/c1-15-7-8-23(17-5-3-2-4-6-17)33(30,31)27(15)12-18-10-22(26)19(11-21(18)25)20(24(28)29)9-16-13-32-14-16/h2-6,10-11,15-16,20,23H,7-9,12-14H2,1H3,(H,28,29)/t15-,20-,23+/m0/s1. The van der Waals surface area contributed by atoms with E-state index in [2.05, 4.69) is 0 Å². The Morgan fingerprint density at radius 3 is 2.45 bits per heavy atom. The Morgan fingerprint density at radius 1 is 1.15 bits per heavy atom. The summed E-state index contributed by atoms with van der Waals surface area (Å²) in [5.74, 6) is -4.09. The highest BCUT2D eigenvalue weighted by Crippen LogP contribution is 2.39. The molecule has 2 aliphatic rings. The molecule has 33 heavy (non-hydrogen) atoms. The number of carbonyl (C=O) groups is 1. The normalized spacial score (nSPS) is 24.2. The number of hydrogen-bond donors (Lipinski definition) is 1. The number of rotatable bonds is 7. The molecular weight excluding hydrogens is 452 g/mol. The van der Waals surface area contributed by atoms with Gasteiger partial charge in [0, 0.05) is 29.6 Å². The van der Waals surface area contributed by atoms with Crippen LogP contribution in [0.25, 0.3) is 0 Å². The number of ether oxygens (including phenoxy) is 1. The summed E-state index contributed by atoms with van der Waals surface area (Å²) in [5.41, 5.74) is 0.324. The van der Waals surface area contributed by atoms with E-state index in [1.165, 1.54) is 4.31 Å². The fourth-order valence-corrected chi connectivity index (χ4v) is 6.81. The van der Waals surface area contributed by atoms with Gasteiger partial charge in [-0.15, -0.1) is 0 Å². The van der Waals surface area contributed by atoms with E-state index in [9.17, 15) is 22.7 Å². The Kier molecular flexibility index (Phi) is 6.83. The monoisotopic (exact) mass is 479 g/mol. The van der Waals surface area contributed by atoms with Crippen molar-refractivity contribution in [2.45, 2.75) is 49.9 Å². The van der Waals surface area contributed by atoms with Gasteiger partial charge in [-0.25, -0.2) is 17.2 Å². The molecule has 2 aromatic rings. The first kappa shape index (κ1) is 23.8. The molecular formula is C24H27F2NO5S. The van der Waals surface area contributed by atoms with Gasteiger partial charge in [-0.1, -0.05) is 30.3 Å². The van der Waals surface area contributed by atoms with Crippen LogP contribution in [-0.2, 0) is 26.1 Å². The minimum absolute atomic E-state index is 0.0116. The first-order valence-corrected chi connectivity index (χ1v) is 12.5. The van der Waals surface area contributed by atoms with Crippen LogP contribution in [0, 0.1) is 17.6 Å². The van der Waals surface area contributed by atoms with E-state index in [4.69, 9.17) is 4.74 Å². The summed E-state index contributed by atoms with van der Waals surface area (Å²) < 4.78 is 63.0. The van der Waals surface area contributed by atoms with Gasteiger partial charge in [0.25, 0.3) is 0 Å². The molecule has 9 heteroatoms. The third kappa shape index (κ3) is 4.81. The molecule has 0 aromatic heterocycles. The van der Waals surface area contributed by atoms with Crippen LogP contribution in [0.5, 0.6) is 0 Å². The number of carboxylic acid groups (broad SMARTS) is 1. The van der Waals surface area contributed by atoms with Crippen molar-refractivity contribution < 1.29 is 31.8 Å². The second-order valence-electron chi connectivity index (χ2n) is 8.91. The van der Waals surface area contributed by atoms with Crippen molar-refractivity contribution in [3.05, 3.63) is 70.8 Å². The predicted molar refractivity (Wildman–Crippen MR) is 118 cm³/mol. The maximum absolute atomic E-state index is 15.0. The van der Waals surface area contributed by atoms with Crippen LogP contribution in [0.15, 0.2) is 42.5 Å². The summed E-state index contributed by atoms with van der Waals surface area (Å²) >= 11 is 0. The van der Waals surface area contributed by atoms with Gasteiger partial charge in [-0.3, -0.25) is 4.79 Å². The van der Waals surface area contributed by atoms with Gasteiger partial charge in [0.1, 0.15) is 16.9 Å². The molecule has 2 saturated heterocycles. The fourth-order valence-electron chi connectivity index (χ4n) is 4.63. The summed E-state index contributed by atoms with van der Waals surface area (Å²) in [7, 11) is -3.81. The molecule has 0 amide bonds. The maximum Gasteiger partial charge on any atom is 0.311 e. The Hall–Kier alpha value is -2.36. The van der Waals surface area contributed by atoms with Gasteiger partial charge in [0.15, 0.2) is 0 Å². The Labute approximate surface area is 192 Å². The number of aliphatic carboxylic acids is 1. The van der Waals surface area contributed by atoms with Crippen molar-refractivity contribution >= 4 is 16.0 Å². The van der Waals surface area contributed by atoms with Gasteiger partial charge < -0.3 is 9.84 Å². The summed E-state index contributed by atoms with van der Waals surface area (Å²) in [5, 5.41) is 8.82. The fraction of sp³-hybridized carbons (Fsp3) is 0.458. The lowest BCUT2D eigenvalue weighted by molar-refractivity contribution is -0.140. The van der Waals surface area contributed by atoms with E-state index >= 15 is 4.39 Å². The Morgan fingerprint density at radius 2 is 1.85 bits per heavy atom. The summed E-state index contributed by atoms with van der Waals surface area (Å²) in [6, 6.07) is 10.3. The number of hydrogen-bond acceptors (Lipinski definition) is 4. The van der Waals surface area contributed by atoms with Gasteiger partial charge in [-0.2, -0.15) is 4.31 Å². The predicted octanol–water partition coefficient (Wildman–Crippen LogP) is 4.22. The van der Waals surface area contributed by atoms with E-state index in [0.29, 0.717) is 31.6 Å². The topological polar surface area (TPSA) is 83.9 Å². The van der Waals surface area contributed by atoms with Crippen LogP contribution < -0.4 is 0 Å². The maximum atomic E-state index is 15.0. The van der Waals surface area contributed by atoms with Crippen molar-refractivity contribution in [2.24, 2.45) is 5.92 Å².